The van der Waals surface area contributed by atoms with Gasteiger partial charge in [-0.3, -0.25) is 9.67 Å². The molecule has 2 aliphatic heterocycles. The molecule has 1 atom stereocenters. The third-order valence-corrected chi connectivity index (χ3v) is 15.0. The molecule has 0 amide bonds. The number of aromatic nitrogens is 4. The van der Waals surface area contributed by atoms with Gasteiger partial charge in [0.25, 0.3) is 0 Å². The van der Waals surface area contributed by atoms with Gasteiger partial charge in [-0.25, -0.2) is 0 Å². The number of imidazole rings is 1. The maximum Gasteiger partial charge on any atom is 2.00 e. The first-order chi connectivity index (χ1) is 28.3. The van der Waals surface area contributed by atoms with E-state index >= 15 is 0 Å². The number of aryl methyl sites for hydroxylation is 1. The van der Waals surface area contributed by atoms with Crippen LogP contribution in [0, 0.1) is 19.0 Å². The van der Waals surface area contributed by atoms with Gasteiger partial charge in [0.05, 0.1) is 23.2 Å². The predicted molar refractivity (Wildman–Crippen MR) is 231 cm³/mol. The molecule has 5 heterocycles. The van der Waals surface area contributed by atoms with Crippen LogP contribution in [0.4, 0.5) is 0 Å². The van der Waals surface area contributed by atoms with Crippen LogP contribution in [0.3, 0.4) is 0 Å². The zero-order valence-corrected chi connectivity index (χ0v) is 36.7. The van der Waals surface area contributed by atoms with Gasteiger partial charge in [-0.15, -0.1) is 29.8 Å². The van der Waals surface area contributed by atoms with Gasteiger partial charge in [0, 0.05) is 54.2 Å². The van der Waals surface area contributed by atoms with Crippen molar-refractivity contribution < 1.29 is 29.9 Å². The molecule has 0 spiro atoms. The second kappa shape index (κ2) is 11.8. The van der Waals surface area contributed by atoms with Gasteiger partial charge < -0.3 is 9.14 Å². The molecule has 5 nitrogen and oxygen atoms in total. The molecule has 0 N–H and O–H groups in total. The molecule has 11 rings (SSSR count). The summed E-state index contributed by atoms with van der Waals surface area (Å²) in [5, 5.41) is 7.20. The van der Waals surface area contributed by atoms with E-state index in [1.807, 2.05) is 41.2 Å². The fourth-order valence-electron chi connectivity index (χ4n) is 11.1. The standard InChI is InChI=1S/C52H48N4O.Pt/c1-30-20-24-40-44-42(30)34-23-21-32(26-36(34)47-54-43-35-18-14-15-19-38(35)48(2,3)29-52(10,50(40,6)7)46(43)55(44)47)57-33-22-25-39-41(27-33)56-45(51(8,9)49(39,4)5)37(28-53-56)31-16-12-11-13-17-31;/h11-25,28H,29H2,1-10H3;/q-2;+2/i1D3;. The predicted octanol–water partition coefficient (Wildman–Crippen LogP) is 12.7. The van der Waals surface area contributed by atoms with Crippen LogP contribution in [0.1, 0.15) is 106 Å². The minimum absolute atomic E-state index is 0. The van der Waals surface area contributed by atoms with Gasteiger partial charge in [0.1, 0.15) is 0 Å². The van der Waals surface area contributed by atoms with E-state index in [-0.39, 0.29) is 48.1 Å². The van der Waals surface area contributed by atoms with Crippen LogP contribution < -0.4 is 4.74 Å². The van der Waals surface area contributed by atoms with Crippen LogP contribution in [0.15, 0.2) is 97.2 Å². The summed E-state index contributed by atoms with van der Waals surface area (Å²) in [6.45, 7) is 18.6. The molecule has 0 bridgehead atoms. The monoisotopic (exact) mass is 942 g/mol. The first-order valence-electron chi connectivity index (χ1n) is 21.6. The van der Waals surface area contributed by atoms with E-state index in [4.69, 9.17) is 18.9 Å². The van der Waals surface area contributed by atoms with Crippen LogP contribution >= 0.6 is 0 Å². The van der Waals surface area contributed by atoms with E-state index in [0.29, 0.717) is 17.1 Å². The largest absolute Gasteiger partial charge is 2.00 e. The zero-order chi connectivity index (χ0) is 42.1. The molecule has 0 radical (unpaired) electrons. The second-order valence-corrected chi connectivity index (χ2v) is 19.1. The van der Waals surface area contributed by atoms with Crippen LogP contribution in [0.5, 0.6) is 11.5 Å². The molecule has 8 aromatic rings. The van der Waals surface area contributed by atoms with E-state index < -0.39 is 6.85 Å². The number of ether oxygens (including phenoxy) is 1. The molecule has 292 valence electrons. The van der Waals surface area contributed by atoms with E-state index in [0.717, 1.165) is 84.3 Å². The average molecular weight is 943 g/mol. The minimum Gasteiger partial charge on any atom is -0.503 e. The smallest absolute Gasteiger partial charge is 0.503 e. The Hall–Kier alpha value is -4.99. The van der Waals surface area contributed by atoms with Gasteiger partial charge in [0.15, 0.2) is 0 Å². The number of nitrogens with zero attached hydrogens (tertiary/aromatic N) is 4. The summed E-state index contributed by atoms with van der Waals surface area (Å²) in [4.78, 5) is 5.59. The number of hydrogen-bond donors (Lipinski definition) is 0. The van der Waals surface area contributed by atoms with E-state index in [1.54, 1.807) is 0 Å². The van der Waals surface area contributed by atoms with E-state index in [1.165, 1.54) is 5.56 Å². The summed E-state index contributed by atoms with van der Waals surface area (Å²) in [5.74, 6) is 1.03. The van der Waals surface area contributed by atoms with Gasteiger partial charge >= 0.3 is 21.1 Å². The normalized spacial score (nSPS) is 20.9. The Morgan fingerprint density at radius 2 is 1.40 bits per heavy atom. The third-order valence-electron chi connectivity index (χ3n) is 15.0. The quantitative estimate of drug-likeness (QED) is 0.131. The minimum atomic E-state index is -2.35. The van der Waals surface area contributed by atoms with Gasteiger partial charge in [-0.1, -0.05) is 151 Å². The maximum atomic E-state index is 8.78. The summed E-state index contributed by atoms with van der Waals surface area (Å²) in [6.07, 6.45) is 2.85. The number of hydrogen-bond acceptors (Lipinski definition) is 3. The van der Waals surface area contributed by atoms with Gasteiger partial charge in [0.2, 0.25) is 0 Å². The Kier molecular flexibility index (Phi) is 6.91. The number of pyridine rings is 1. The van der Waals surface area contributed by atoms with Crippen molar-refractivity contribution in [2.24, 2.45) is 0 Å². The van der Waals surface area contributed by atoms with E-state index in [2.05, 4.69) is 140 Å². The molecular weight excluding hydrogens is 892 g/mol. The van der Waals surface area contributed by atoms with Crippen molar-refractivity contribution in [1.29, 1.82) is 0 Å². The maximum absolute atomic E-state index is 8.78. The number of fused-ring (bicyclic) bond motifs is 8. The van der Waals surface area contributed by atoms with E-state index in [9.17, 15) is 0 Å². The molecule has 0 fully saturated rings. The number of rotatable bonds is 3. The van der Waals surface area contributed by atoms with Crippen LogP contribution in [0.25, 0.3) is 55.4 Å². The average Bonchev–Trinajstić information content (AvgIpc) is 3.82. The van der Waals surface area contributed by atoms with Crippen LogP contribution in [0.2, 0.25) is 0 Å². The Labute approximate surface area is 360 Å². The number of benzene rings is 5. The van der Waals surface area contributed by atoms with Crippen LogP contribution in [-0.2, 0) is 48.1 Å². The molecule has 1 unspecified atom stereocenters. The molecule has 3 aromatic heterocycles. The first-order valence-corrected chi connectivity index (χ1v) is 20.1. The molecule has 5 aromatic carbocycles. The second-order valence-electron chi connectivity index (χ2n) is 19.1. The van der Waals surface area contributed by atoms with Crippen molar-refractivity contribution in [1.82, 2.24) is 19.2 Å². The fraction of sp³-hybridized carbons (Fsp3) is 0.308. The Bertz CT molecular complexity index is 3170. The molecular formula is C52H48N4OPt. The molecule has 6 heteroatoms. The summed E-state index contributed by atoms with van der Waals surface area (Å²) in [7, 11) is 0. The van der Waals surface area contributed by atoms with Crippen molar-refractivity contribution in [2.75, 3.05) is 0 Å². The van der Waals surface area contributed by atoms with Crippen molar-refractivity contribution in [3.8, 4) is 39.6 Å². The summed E-state index contributed by atoms with van der Waals surface area (Å²) in [6, 6.07) is 38.3. The topological polar surface area (TPSA) is 44.3 Å². The molecule has 1 aliphatic carbocycles. The molecule has 0 saturated carbocycles. The SMILES string of the molecule is [2H]C([2H])([2H])c1ccc2c3c1c1ccc(Oc4[c-]c5c(cc4)C(C)(C)C(C)(C)c4c(-c6ccccc6)cnn4-5)[c-]c1c1nc4c(n13)C(C)(CC(C)(C)c1ccccc1-4)C2(C)C.[Pt+2]. The van der Waals surface area contributed by atoms with Crippen molar-refractivity contribution in [3.05, 3.63) is 143 Å². The van der Waals surface area contributed by atoms with Crippen molar-refractivity contribution in [3.63, 3.8) is 0 Å². The fourth-order valence-corrected chi connectivity index (χ4v) is 11.1. The first kappa shape index (κ1) is 33.9. The summed E-state index contributed by atoms with van der Waals surface area (Å²) in [5.41, 5.74) is 11.6. The zero-order valence-electron chi connectivity index (χ0n) is 37.5. The van der Waals surface area contributed by atoms with Gasteiger partial charge in [-0.2, -0.15) is 11.2 Å². The molecule has 3 aliphatic rings. The summed E-state index contributed by atoms with van der Waals surface area (Å²) < 4.78 is 37.4. The Balaban J connectivity index is 0.00000445. The Morgan fingerprint density at radius 1 is 0.690 bits per heavy atom. The Morgan fingerprint density at radius 3 is 2.17 bits per heavy atom. The van der Waals surface area contributed by atoms with Crippen molar-refractivity contribution >= 4 is 27.3 Å². The molecule has 0 saturated heterocycles. The molecule has 58 heavy (non-hydrogen) atoms. The van der Waals surface area contributed by atoms with Gasteiger partial charge in [-0.05, 0) is 51.9 Å². The third kappa shape index (κ3) is 4.52. The van der Waals surface area contributed by atoms with Crippen LogP contribution in [-0.4, -0.2) is 19.2 Å². The summed E-state index contributed by atoms with van der Waals surface area (Å²) >= 11 is 0. The van der Waals surface area contributed by atoms with Crippen molar-refractivity contribution in [2.45, 2.75) is 103 Å².